The molecule has 0 bridgehead atoms. The van der Waals surface area contributed by atoms with Gasteiger partial charge in [-0.05, 0) is 34.7 Å². The normalized spacial score (nSPS) is 26.4. The van der Waals surface area contributed by atoms with Crippen molar-refractivity contribution in [1.82, 2.24) is 0 Å². The largest absolute Gasteiger partial charge is 0.406 e. The number of aldehydes is 1. The standard InChI is InChI=1S/C26H32O2Si/c1-24(2,3)29(22-12-6-4-7-13-22,23-14-8-5-9-15-23)28-21-26-18-10-16-25(26,20-27)17-11-19-26/h4-10,12-15,18,20H,11,16-17,19,21H2,1-3H3/t25-,26+/m1/s1. The molecule has 4 rings (SSSR count). The zero-order valence-corrected chi connectivity index (χ0v) is 18.9. The summed E-state index contributed by atoms with van der Waals surface area (Å²) in [4.78, 5) is 12.2. The number of hydrogen-bond acceptors (Lipinski definition) is 2. The van der Waals surface area contributed by atoms with Gasteiger partial charge in [0, 0.05) is 17.4 Å². The highest BCUT2D eigenvalue weighted by Crippen LogP contribution is 2.59. The second kappa shape index (κ2) is 7.37. The molecule has 2 nitrogen and oxygen atoms in total. The number of hydrogen-bond donors (Lipinski definition) is 0. The molecule has 0 heterocycles. The summed E-state index contributed by atoms with van der Waals surface area (Å²) in [6, 6.07) is 21.5. The van der Waals surface area contributed by atoms with Crippen LogP contribution < -0.4 is 10.4 Å². The van der Waals surface area contributed by atoms with Crippen LogP contribution in [-0.4, -0.2) is 21.2 Å². The molecule has 0 aromatic heterocycles. The van der Waals surface area contributed by atoms with Gasteiger partial charge in [-0.3, -0.25) is 0 Å². The Hall–Kier alpha value is -1.97. The minimum absolute atomic E-state index is 0.0445. The molecule has 2 aliphatic rings. The van der Waals surface area contributed by atoms with Gasteiger partial charge in [0.05, 0.1) is 0 Å². The van der Waals surface area contributed by atoms with Crippen molar-refractivity contribution >= 4 is 25.0 Å². The minimum atomic E-state index is -2.58. The first-order chi connectivity index (χ1) is 13.9. The van der Waals surface area contributed by atoms with E-state index in [9.17, 15) is 4.79 Å². The van der Waals surface area contributed by atoms with E-state index in [4.69, 9.17) is 4.43 Å². The highest BCUT2D eigenvalue weighted by Gasteiger charge is 2.58. The first-order valence-electron chi connectivity index (χ1n) is 10.8. The second-order valence-electron chi connectivity index (χ2n) is 9.84. The fourth-order valence-corrected chi connectivity index (χ4v) is 10.4. The van der Waals surface area contributed by atoms with E-state index in [1.165, 1.54) is 16.7 Å². The van der Waals surface area contributed by atoms with E-state index in [-0.39, 0.29) is 15.9 Å². The van der Waals surface area contributed by atoms with Crippen molar-refractivity contribution < 1.29 is 9.22 Å². The van der Waals surface area contributed by atoms with Gasteiger partial charge in [-0.2, -0.15) is 0 Å². The minimum Gasteiger partial charge on any atom is -0.406 e. The van der Waals surface area contributed by atoms with Crippen molar-refractivity contribution in [3.63, 3.8) is 0 Å². The molecule has 0 amide bonds. The van der Waals surface area contributed by atoms with Crippen LogP contribution in [-0.2, 0) is 9.22 Å². The highest BCUT2D eigenvalue weighted by molar-refractivity contribution is 6.99. The zero-order chi connectivity index (χ0) is 20.6. The molecule has 29 heavy (non-hydrogen) atoms. The van der Waals surface area contributed by atoms with Gasteiger partial charge in [-0.25, -0.2) is 0 Å². The highest BCUT2D eigenvalue weighted by atomic mass is 28.4. The van der Waals surface area contributed by atoms with Gasteiger partial charge < -0.3 is 9.22 Å². The lowest BCUT2D eigenvalue weighted by atomic mass is 9.69. The topological polar surface area (TPSA) is 26.3 Å². The van der Waals surface area contributed by atoms with Crippen LogP contribution >= 0.6 is 0 Å². The van der Waals surface area contributed by atoms with Crippen LogP contribution in [0.25, 0.3) is 0 Å². The second-order valence-corrected chi connectivity index (χ2v) is 14.1. The monoisotopic (exact) mass is 404 g/mol. The molecule has 0 radical (unpaired) electrons. The summed E-state index contributed by atoms with van der Waals surface area (Å²) >= 11 is 0. The average molecular weight is 405 g/mol. The molecule has 1 fully saturated rings. The van der Waals surface area contributed by atoms with Gasteiger partial charge in [0.1, 0.15) is 6.29 Å². The molecule has 0 N–H and O–H groups in total. The van der Waals surface area contributed by atoms with Gasteiger partial charge in [0.2, 0.25) is 0 Å². The van der Waals surface area contributed by atoms with Gasteiger partial charge in [0.15, 0.2) is 0 Å². The molecule has 152 valence electrons. The summed E-state index contributed by atoms with van der Waals surface area (Å²) in [6.45, 7) is 7.55. The third-order valence-corrected chi connectivity index (χ3v) is 12.3. The maximum atomic E-state index is 12.2. The van der Waals surface area contributed by atoms with Crippen LogP contribution in [0.15, 0.2) is 72.8 Å². The summed E-state index contributed by atoms with van der Waals surface area (Å²) in [5.41, 5.74) is -0.416. The summed E-state index contributed by atoms with van der Waals surface area (Å²) < 4.78 is 7.21. The lowest BCUT2D eigenvalue weighted by molar-refractivity contribution is -0.120. The molecule has 2 aliphatic carbocycles. The van der Waals surface area contributed by atoms with Crippen LogP contribution in [0.3, 0.4) is 0 Å². The van der Waals surface area contributed by atoms with Crippen molar-refractivity contribution in [3.05, 3.63) is 72.8 Å². The van der Waals surface area contributed by atoms with Crippen molar-refractivity contribution in [2.45, 2.75) is 51.5 Å². The summed E-state index contributed by atoms with van der Waals surface area (Å²) in [6.07, 6.45) is 9.73. The quantitative estimate of drug-likeness (QED) is 0.390. The van der Waals surface area contributed by atoms with Gasteiger partial charge in [0.25, 0.3) is 8.32 Å². The predicted octanol–water partition coefficient (Wildman–Crippen LogP) is 4.88. The average Bonchev–Trinajstić information content (AvgIpc) is 3.24. The SMILES string of the molecule is CC(C)(C)[Si](OC[C@@]12C=CC[C@]1(C=O)CCC2)(c1ccccc1)c1ccccc1. The fourth-order valence-electron chi connectivity index (χ4n) is 5.75. The van der Waals surface area contributed by atoms with Crippen LogP contribution in [0.2, 0.25) is 5.04 Å². The van der Waals surface area contributed by atoms with Crippen LogP contribution in [0.1, 0.15) is 46.5 Å². The molecule has 2 aromatic carbocycles. The zero-order valence-electron chi connectivity index (χ0n) is 17.9. The van der Waals surface area contributed by atoms with Crippen LogP contribution in [0.5, 0.6) is 0 Å². The molecule has 0 saturated heterocycles. The van der Waals surface area contributed by atoms with Crippen LogP contribution in [0, 0.1) is 10.8 Å². The van der Waals surface area contributed by atoms with Crippen LogP contribution in [0.4, 0.5) is 0 Å². The predicted molar refractivity (Wildman–Crippen MR) is 122 cm³/mol. The number of fused-ring (bicyclic) bond motifs is 1. The van der Waals surface area contributed by atoms with E-state index in [1.54, 1.807) is 0 Å². The molecule has 1 saturated carbocycles. The Labute approximate surface area is 176 Å². The first kappa shape index (κ1) is 20.3. The lowest BCUT2D eigenvalue weighted by Gasteiger charge is -2.46. The van der Waals surface area contributed by atoms with E-state index >= 15 is 0 Å². The van der Waals surface area contributed by atoms with Gasteiger partial charge in [-0.15, -0.1) is 0 Å². The van der Waals surface area contributed by atoms with Crippen molar-refractivity contribution in [3.8, 4) is 0 Å². The molecule has 0 unspecified atom stereocenters. The Morgan fingerprint density at radius 1 is 0.966 bits per heavy atom. The Bertz CT molecular complexity index is 844. The van der Waals surface area contributed by atoms with E-state index in [0.717, 1.165) is 25.7 Å². The first-order valence-corrected chi connectivity index (χ1v) is 12.7. The lowest BCUT2D eigenvalue weighted by Crippen LogP contribution is -2.67. The third-order valence-electron chi connectivity index (χ3n) is 7.35. The van der Waals surface area contributed by atoms with E-state index in [2.05, 4.69) is 93.6 Å². The number of carbonyl (C=O) groups excluding carboxylic acids is 1. The Morgan fingerprint density at radius 2 is 1.55 bits per heavy atom. The molecular weight excluding hydrogens is 372 g/mol. The molecule has 0 aliphatic heterocycles. The molecule has 0 spiro atoms. The molecular formula is C26H32O2Si. The van der Waals surface area contributed by atoms with Crippen molar-refractivity contribution in [2.24, 2.45) is 10.8 Å². The van der Waals surface area contributed by atoms with E-state index in [0.29, 0.717) is 6.61 Å². The molecule has 2 aromatic rings. The summed E-state index contributed by atoms with van der Waals surface area (Å²) in [7, 11) is -2.58. The number of rotatable bonds is 6. The smallest absolute Gasteiger partial charge is 0.261 e. The fraction of sp³-hybridized carbons (Fsp3) is 0.423. The number of benzene rings is 2. The maximum Gasteiger partial charge on any atom is 0.261 e. The van der Waals surface area contributed by atoms with E-state index in [1.807, 2.05) is 0 Å². The maximum absolute atomic E-state index is 12.2. The Balaban J connectivity index is 1.82. The van der Waals surface area contributed by atoms with Crippen molar-refractivity contribution in [1.29, 1.82) is 0 Å². The Morgan fingerprint density at radius 3 is 2.07 bits per heavy atom. The van der Waals surface area contributed by atoms with E-state index < -0.39 is 8.32 Å². The summed E-state index contributed by atoms with van der Waals surface area (Å²) in [5, 5.41) is 2.55. The van der Waals surface area contributed by atoms with Gasteiger partial charge >= 0.3 is 0 Å². The summed E-state index contributed by atoms with van der Waals surface area (Å²) in [5.74, 6) is 0. The Kier molecular flexibility index (Phi) is 5.16. The number of carbonyl (C=O) groups is 1. The van der Waals surface area contributed by atoms with Gasteiger partial charge in [-0.1, -0.05) is 100 Å². The number of allylic oxidation sites excluding steroid dienone is 1. The van der Waals surface area contributed by atoms with Crippen molar-refractivity contribution in [2.75, 3.05) is 6.61 Å². The molecule has 2 atom stereocenters. The third kappa shape index (κ3) is 3.06. The molecule has 3 heteroatoms.